The van der Waals surface area contributed by atoms with Crippen LogP contribution in [0.1, 0.15) is 17.5 Å². The highest BCUT2D eigenvalue weighted by Gasteiger charge is 2.07. The van der Waals surface area contributed by atoms with E-state index in [2.05, 4.69) is 21.2 Å². The number of nitrogens with one attached hydrogen (secondary N) is 1. The molecule has 0 fully saturated rings. The van der Waals surface area contributed by atoms with Crippen LogP contribution >= 0.6 is 27.5 Å². The molecular weight excluding hydrogens is 385 g/mol. The summed E-state index contributed by atoms with van der Waals surface area (Å²) in [4.78, 5) is 0. The molecule has 2 N–H and O–H groups in total. The van der Waals surface area contributed by atoms with Gasteiger partial charge in [0.2, 0.25) is 0 Å². The summed E-state index contributed by atoms with van der Waals surface area (Å²) in [6.07, 6.45) is 0.704. The van der Waals surface area contributed by atoms with Crippen molar-refractivity contribution in [3.05, 3.63) is 62.8 Å². The van der Waals surface area contributed by atoms with Crippen LogP contribution in [0.4, 0.5) is 4.39 Å². The smallest absolute Gasteiger partial charge is 0.124 e. The average Bonchev–Trinajstić information content (AvgIpc) is 2.52. The first kappa shape index (κ1) is 18.2. The first-order valence-electron chi connectivity index (χ1n) is 7.27. The van der Waals surface area contributed by atoms with Gasteiger partial charge in [-0.05, 0) is 43.3 Å². The second-order valence-corrected chi connectivity index (χ2v) is 6.35. The van der Waals surface area contributed by atoms with Crippen molar-refractivity contribution in [2.24, 2.45) is 0 Å². The Hall–Kier alpha value is -1.14. The van der Waals surface area contributed by atoms with Crippen molar-refractivity contribution in [1.29, 1.82) is 0 Å². The zero-order chi connectivity index (χ0) is 16.7. The number of ether oxygens (including phenoxy) is 1. The Morgan fingerprint density at radius 2 is 2.00 bits per heavy atom. The summed E-state index contributed by atoms with van der Waals surface area (Å²) in [7, 11) is 0. The topological polar surface area (TPSA) is 41.5 Å². The van der Waals surface area contributed by atoms with Gasteiger partial charge in [0.05, 0.1) is 5.02 Å². The number of benzene rings is 2. The van der Waals surface area contributed by atoms with E-state index < -0.39 is 0 Å². The van der Waals surface area contributed by atoms with Gasteiger partial charge in [0.1, 0.15) is 18.2 Å². The Morgan fingerprint density at radius 1 is 1.17 bits per heavy atom. The molecule has 2 rings (SSSR count). The van der Waals surface area contributed by atoms with E-state index in [1.165, 1.54) is 12.1 Å². The van der Waals surface area contributed by atoms with Crippen LogP contribution in [0.15, 0.2) is 40.9 Å². The first-order chi connectivity index (χ1) is 11.1. The fourth-order valence-corrected chi connectivity index (χ4v) is 2.68. The van der Waals surface area contributed by atoms with Crippen molar-refractivity contribution in [2.75, 3.05) is 13.2 Å². The molecule has 0 saturated heterocycles. The molecule has 0 aromatic heterocycles. The summed E-state index contributed by atoms with van der Waals surface area (Å²) < 4.78 is 19.9. The second-order valence-electron chi connectivity index (χ2n) is 5.03. The van der Waals surface area contributed by atoms with E-state index in [1.54, 1.807) is 6.07 Å². The lowest BCUT2D eigenvalue weighted by Gasteiger charge is -2.13. The molecule has 3 nitrogen and oxygen atoms in total. The number of rotatable bonds is 8. The second kappa shape index (κ2) is 9.23. The molecule has 0 unspecified atom stereocenters. The lowest BCUT2D eigenvalue weighted by atomic mass is 10.2. The predicted octanol–water partition coefficient (Wildman–Crippen LogP) is 4.29. The third kappa shape index (κ3) is 5.77. The molecule has 0 heterocycles. The molecule has 0 bridgehead atoms. The Morgan fingerprint density at radius 3 is 2.74 bits per heavy atom. The van der Waals surface area contributed by atoms with Gasteiger partial charge in [-0.25, -0.2) is 4.39 Å². The van der Waals surface area contributed by atoms with Crippen LogP contribution in [0.5, 0.6) is 5.75 Å². The summed E-state index contributed by atoms with van der Waals surface area (Å²) in [5.41, 5.74) is 1.73. The van der Waals surface area contributed by atoms with Gasteiger partial charge in [0.15, 0.2) is 0 Å². The third-order valence-corrected chi connectivity index (χ3v) is 4.09. The Bertz CT molecular complexity index is 654. The van der Waals surface area contributed by atoms with Gasteiger partial charge in [0.25, 0.3) is 0 Å². The SMILES string of the molecule is OCCCNCc1cc(Br)ccc1OCc1ccc(F)cc1Cl. The van der Waals surface area contributed by atoms with Crippen LogP contribution in [0.25, 0.3) is 0 Å². The minimum absolute atomic E-state index is 0.165. The quantitative estimate of drug-likeness (QED) is 0.647. The van der Waals surface area contributed by atoms with E-state index in [-0.39, 0.29) is 19.0 Å². The Balaban J connectivity index is 2.03. The van der Waals surface area contributed by atoms with Gasteiger partial charge < -0.3 is 15.2 Å². The van der Waals surface area contributed by atoms with Crippen LogP contribution in [-0.2, 0) is 13.2 Å². The van der Waals surface area contributed by atoms with E-state index >= 15 is 0 Å². The van der Waals surface area contributed by atoms with Gasteiger partial charge in [-0.15, -0.1) is 0 Å². The molecular formula is C17H18BrClFNO2. The van der Waals surface area contributed by atoms with Gasteiger partial charge in [-0.1, -0.05) is 33.6 Å². The van der Waals surface area contributed by atoms with Gasteiger partial charge in [0, 0.05) is 28.8 Å². The molecule has 0 aliphatic heterocycles. The lowest BCUT2D eigenvalue weighted by molar-refractivity contribution is 0.285. The van der Waals surface area contributed by atoms with Crippen molar-refractivity contribution in [2.45, 2.75) is 19.6 Å². The van der Waals surface area contributed by atoms with E-state index in [0.29, 0.717) is 18.0 Å². The zero-order valence-corrected chi connectivity index (χ0v) is 14.8. The number of aliphatic hydroxyl groups excluding tert-OH is 1. The molecule has 0 atom stereocenters. The van der Waals surface area contributed by atoms with Crippen LogP contribution in [0, 0.1) is 5.82 Å². The van der Waals surface area contributed by atoms with Crippen LogP contribution in [0.2, 0.25) is 5.02 Å². The maximum atomic E-state index is 13.1. The molecule has 2 aromatic rings. The molecule has 23 heavy (non-hydrogen) atoms. The molecule has 2 aromatic carbocycles. The van der Waals surface area contributed by atoms with Crippen molar-refractivity contribution < 1.29 is 14.2 Å². The predicted molar refractivity (Wildman–Crippen MR) is 93.3 cm³/mol. The minimum Gasteiger partial charge on any atom is -0.489 e. The maximum absolute atomic E-state index is 13.1. The molecule has 0 aliphatic carbocycles. The third-order valence-electron chi connectivity index (χ3n) is 3.25. The van der Waals surface area contributed by atoms with Crippen molar-refractivity contribution in [3.8, 4) is 5.75 Å². The van der Waals surface area contributed by atoms with Crippen molar-refractivity contribution in [1.82, 2.24) is 5.32 Å². The summed E-state index contributed by atoms with van der Waals surface area (Å²) in [6.45, 7) is 1.79. The summed E-state index contributed by atoms with van der Waals surface area (Å²) in [6, 6.07) is 10.0. The van der Waals surface area contributed by atoms with E-state index in [4.69, 9.17) is 21.4 Å². The fourth-order valence-electron chi connectivity index (χ4n) is 2.05. The highest BCUT2D eigenvalue weighted by atomic mass is 79.9. The summed E-state index contributed by atoms with van der Waals surface area (Å²) >= 11 is 9.46. The lowest BCUT2D eigenvalue weighted by Crippen LogP contribution is -2.16. The molecule has 6 heteroatoms. The number of hydrogen-bond acceptors (Lipinski definition) is 3. The molecule has 0 aliphatic rings. The molecule has 0 saturated carbocycles. The first-order valence-corrected chi connectivity index (χ1v) is 8.44. The van der Waals surface area contributed by atoms with Crippen molar-refractivity contribution in [3.63, 3.8) is 0 Å². The average molecular weight is 403 g/mol. The highest BCUT2D eigenvalue weighted by molar-refractivity contribution is 9.10. The Labute approximate surface area is 148 Å². The molecule has 0 amide bonds. The monoisotopic (exact) mass is 401 g/mol. The highest BCUT2D eigenvalue weighted by Crippen LogP contribution is 2.25. The number of halogens is 3. The Kier molecular flexibility index (Phi) is 7.30. The van der Waals surface area contributed by atoms with E-state index in [9.17, 15) is 4.39 Å². The van der Waals surface area contributed by atoms with E-state index in [1.807, 2.05) is 18.2 Å². The standard InChI is InChI=1S/C17H18BrClFNO2/c18-14-3-5-17(13(8-14)10-21-6-1-7-22)23-11-12-2-4-15(20)9-16(12)19/h2-5,8-9,21-22H,1,6-7,10-11H2. The largest absolute Gasteiger partial charge is 0.489 e. The van der Waals surface area contributed by atoms with Crippen LogP contribution < -0.4 is 10.1 Å². The summed E-state index contributed by atoms with van der Waals surface area (Å²) in [5, 5.41) is 12.4. The zero-order valence-electron chi connectivity index (χ0n) is 12.5. The minimum atomic E-state index is -0.365. The molecule has 0 radical (unpaired) electrons. The normalized spacial score (nSPS) is 10.8. The maximum Gasteiger partial charge on any atom is 0.124 e. The number of hydrogen-bond donors (Lipinski definition) is 2. The van der Waals surface area contributed by atoms with Gasteiger partial charge in [-0.3, -0.25) is 0 Å². The van der Waals surface area contributed by atoms with Gasteiger partial charge >= 0.3 is 0 Å². The van der Waals surface area contributed by atoms with Crippen molar-refractivity contribution >= 4 is 27.5 Å². The fraction of sp³-hybridized carbons (Fsp3) is 0.294. The molecule has 124 valence electrons. The van der Waals surface area contributed by atoms with Crippen LogP contribution in [0.3, 0.4) is 0 Å². The van der Waals surface area contributed by atoms with Crippen LogP contribution in [-0.4, -0.2) is 18.3 Å². The number of aliphatic hydroxyl groups is 1. The van der Waals surface area contributed by atoms with Gasteiger partial charge in [-0.2, -0.15) is 0 Å². The molecule has 0 spiro atoms. The van der Waals surface area contributed by atoms with E-state index in [0.717, 1.165) is 27.9 Å². The summed E-state index contributed by atoms with van der Waals surface area (Å²) in [5.74, 6) is 0.376.